The maximum absolute atomic E-state index is 13.8. The SMILES string of the molecule is Cc1cc(C)c(S(=O)(=O)NC(CNC(=O)c2cn(CCCNC(=O)c3ccc(NNc4ccccc4S(=O)O)nc3)c3cc(CNc4ncc[nH]4)ccc3c2=O)C(=O)O)c(C)c1. The third kappa shape index (κ3) is 10.9. The fourth-order valence-corrected chi connectivity index (χ4v) is 8.90. The molecule has 21 heteroatoms. The molecule has 0 bridgehead atoms. The van der Waals surface area contributed by atoms with Crippen molar-refractivity contribution >= 4 is 67.2 Å². The predicted octanol–water partition coefficient (Wildman–Crippen LogP) is 3.66. The molecule has 2 atom stereocenters. The van der Waals surface area contributed by atoms with Gasteiger partial charge in [0.15, 0.2) is 17.0 Å². The van der Waals surface area contributed by atoms with Crippen LogP contribution in [-0.2, 0) is 39.0 Å². The first-order valence-corrected chi connectivity index (χ1v) is 21.7. The van der Waals surface area contributed by atoms with Gasteiger partial charge >= 0.3 is 5.97 Å². The van der Waals surface area contributed by atoms with Crippen LogP contribution in [0.15, 0.2) is 106 Å². The van der Waals surface area contributed by atoms with Crippen LogP contribution in [0.2, 0.25) is 0 Å². The molecule has 2 unspecified atom stereocenters. The summed E-state index contributed by atoms with van der Waals surface area (Å²) in [5.41, 5.74) is 8.33. The monoisotopic (exact) mass is 884 g/mol. The predicted molar refractivity (Wildman–Crippen MR) is 233 cm³/mol. The van der Waals surface area contributed by atoms with Gasteiger partial charge in [-0.05, 0) is 80.3 Å². The summed E-state index contributed by atoms with van der Waals surface area (Å²) in [5, 5.41) is 18.5. The van der Waals surface area contributed by atoms with Crippen LogP contribution in [0.1, 0.15) is 49.4 Å². The number of carbonyl (C=O) groups excluding carboxylic acids is 2. The van der Waals surface area contributed by atoms with Gasteiger partial charge < -0.3 is 35.2 Å². The molecule has 9 N–H and O–H groups in total. The van der Waals surface area contributed by atoms with Gasteiger partial charge in [-0.15, -0.1) is 0 Å². The minimum absolute atomic E-state index is 0.0632. The average Bonchev–Trinajstić information content (AvgIpc) is 3.76. The highest BCUT2D eigenvalue weighted by Gasteiger charge is 2.29. The molecular formula is C41H44N10O9S2. The van der Waals surface area contributed by atoms with Crippen molar-refractivity contribution in [2.24, 2.45) is 0 Å². The number of hydrazine groups is 1. The number of aromatic amines is 1. The molecule has 6 rings (SSSR count). The van der Waals surface area contributed by atoms with Crippen molar-refractivity contribution in [3.63, 3.8) is 0 Å². The summed E-state index contributed by atoms with van der Waals surface area (Å²) < 4.78 is 51.7. The van der Waals surface area contributed by atoms with Gasteiger partial charge in [0.05, 0.1) is 26.6 Å². The smallest absolute Gasteiger partial charge is 0.323 e. The zero-order valence-corrected chi connectivity index (χ0v) is 35.3. The Morgan fingerprint density at radius 1 is 0.935 bits per heavy atom. The van der Waals surface area contributed by atoms with Crippen LogP contribution in [0.3, 0.4) is 0 Å². The van der Waals surface area contributed by atoms with E-state index in [-0.39, 0.29) is 39.4 Å². The van der Waals surface area contributed by atoms with E-state index >= 15 is 0 Å². The van der Waals surface area contributed by atoms with Crippen LogP contribution in [0.4, 0.5) is 17.5 Å². The largest absolute Gasteiger partial charge is 0.480 e. The Morgan fingerprint density at radius 3 is 2.37 bits per heavy atom. The standard InChI is InChI=1S/C41H44N10O9S2/c1-24-17-25(2)37(26(3)18-24)62(59,60)50-32(40(55)56)22-46-39(54)30-23-51(33-19-27(9-11-29(33)36(30)52)20-47-41-43-14-15-44-41)16-6-13-42-38(53)28-10-12-35(45-21-28)49-48-31-7-4-5-8-34(31)61(57)58/h4-5,7-12,14-15,17-19,21,23,32,48,50H,6,13,16,20,22H2,1-3H3,(H,42,53)(H,45,49)(H,46,54)(H,55,56)(H,57,58)(H2,43,44,47). The maximum Gasteiger partial charge on any atom is 0.323 e. The lowest BCUT2D eigenvalue weighted by molar-refractivity contribution is -0.138. The van der Waals surface area contributed by atoms with E-state index in [9.17, 15) is 41.5 Å². The van der Waals surface area contributed by atoms with E-state index in [4.69, 9.17) is 0 Å². The van der Waals surface area contributed by atoms with E-state index in [1.165, 1.54) is 18.5 Å². The number of amides is 2. The number of aryl methyl sites for hydroxylation is 4. The second kappa shape index (κ2) is 19.6. The third-order valence-corrected chi connectivity index (χ3v) is 12.1. The highest BCUT2D eigenvalue weighted by Crippen LogP contribution is 2.23. The number of pyridine rings is 2. The molecular weight excluding hydrogens is 841 g/mol. The van der Waals surface area contributed by atoms with Crippen LogP contribution >= 0.6 is 0 Å². The first-order valence-electron chi connectivity index (χ1n) is 19.1. The molecule has 0 spiro atoms. The van der Waals surface area contributed by atoms with Crippen molar-refractivity contribution < 1.29 is 36.7 Å². The van der Waals surface area contributed by atoms with Gasteiger partial charge in [0.2, 0.25) is 15.5 Å². The van der Waals surface area contributed by atoms with Crippen molar-refractivity contribution in [1.82, 2.24) is 34.9 Å². The number of carboxylic acid groups (broad SMARTS) is 1. The number of aromatic nitrogens is 4. The summed E-state index contributed by atoms with van der Waals surface area (Å²) in [7, 11) is -4.33. The van der Waals surface area contributed by atoms with Gasteiger partial charge in [-0.25, -0.2) is 22.6 Å². The van der Waals surface area contributed by atoms with Gasteiger partial charge in [0.25, 0.3) is 11.8 Å². The van der Waals surface area contributed by atoms with Crippen molar-refractivity contribution in [3.05, 3.63) is 135 Å². The normalized spacial score (nSPS) is 12.3. The summed E-state index contributed by atoms with van der Waals surface area (Å²) in [6.07, 6.45) is 6.32. The van der Waals surface area contributed by atoms with E-state index in [1.54, 1.807) is 91.5 Å². The lowest BCUT2D eigenvalue weighted by Gasteiger charge is -2.19. The lowest BCUT2D eigenvalue weighted by atomic mass is 10.1. The minimum Gasteiger partial charge on any atom is -0.480 e. The molecule has 6 aromatic rings. The molecule has 62 heavy (non-hydrogen) atoms. The Bertz CT molecular complexity index is 2790. The molecule has 3 heterocycles. The lowest BCUT2D eigenvalue weighted by Crippen LogP contribution is -2.49. The number of nitrogens with one attached hydrogen (secondary N) is 7. The quantitative estimate of drug-likeness (QED) is 0.0319. The van der Waals surface area contributed by atoms with Crippen molar-refractivity contribution in [2.45, 2.75) is 56.1 Å². The second-order valence-electron chi connectivity index (χ2n) is 14.2. The molecule has 0 fully saturated rings. The van der Waals surface area contributed by atoms with Crippen LogP contribution in [0.25, 0.3) is 10.9 Å². The zero-order chi connectivity index (χ0) is 44.6. The van der Waals surface area contributed by atoms with E-state index < -0.39 is 56.9 Å². The molecule has 2 amide bonds. The number of H-pyrrole nitrogens is 1. The first kappa shape index (κ1) is 44.6. The van der Waals surface area contributed by atoms with E-state index in [2.05, 4.69) is 46.5 Å². The van der Waals surface area contributed by atoms with Gasteiger partial charge in [-0.2, -0.15) is 4.72 Å². The Hall–Kier alpha value is -6.94. The number of benzene rings is 3. The van der Waals surface area contributed by atoms with E-state index in [0.717, 1.165) is 11.1 Å². The number of sulfonamides is 1. The Morgan fingerprint density at radius 2 is 1.69 bits per heavy atom. The van der Waals surface area contributed by atoms with E-state index in [0.29, 0.717) is 47.1 Å². The van der Waals surface area contributed by atoms with Crippen molar-refractivity contribution in [2.75, 3.05) is 29.3 Å². The number of aliphatic carboxylic acids is 1. The van der Waals surface area contributed by atoms with Gasteiger partial charge in [0, 0.05) is 56.4 Å². The number of carboxylic acids is 1. The number of fused-ring (bicyclic) bond motifs is 1. The highest BCUT2D eigenvalue weighted by molar-refractivity contribution is 7.89. The molecule has 19 nitrogen and oxygen atoms in total. The number of anilines is 3. The average molecular weight is 885 g/mol. The topological polar surface area (TPSA) is 279 Å². The van der Waals surface area contributed by atoms with Crippen molar-refractivity contribution in [1.29, 1.82) is 0 Å². The Balaban J connectivity index is 1.15. The molecule has 0 saturated carbocycles. The van der Waals surface area contributed by atoms with Crippen molar-refractivity contribution in [3.8, 4) is 0 Å². The van der Waals surface area contributed by atoms with Crippen LogP contribution in [0, 0.1) is 20.8 Å². The fourth-order valence-electron chi connectivity index (χ4n) is 6.76. The molecule has 0 radical (unpaired) electrons. The summed E-state index contributed by atoms with van der Waals surface area (Å²) in [6, 6.07) is 16.2. The first-order chi connectivity index (χ1) is 29.6. The number of hydrogen-bond donors (Lipinski definition) is 9. The molecule has 0 aliphatic heterocycles. The summed E-state index contributed by atoms with van der Waals surface area (Å²) >= 11 is -2.21. The van der Waals surface area contributed by atoms with Crippen LogP contribution < -0.4 is 37.0 Å². The van der Waals surface area contributed by atoms with Gasteiger partial charge in [-0.3, -0.25) is 30.0 Å². The molecule has 324 valence electrons. The minimum atomic E-state index is -4.33. The highest BCUT2D eigenvalue weighted by atomic mass is 32.2. The van der Waals surface area contributed by atoms with Gasteiger partial charge in [-0.1, -0.05) is 35.9 Å². The van der Waals surface area contributed by atoms with Crippen LogP contribution in [0.5, 0.6) is 0 Å². The number of para-hydroxylation sites is 1. The Kier molecular flexibility index (Phi) is 14.1. The Labute approximate surface area is 358 Å². The molecule has 0 aliphatic carbocycles. The van der Waals surface area contributed by atoms with Gasteiger partial charge in [0.1, 0.15) is 17.4 Å². The number of carbonyl (C=O) groups is 3. The fraction of sp³-hybridized carbons (Fsp3) is 0.220. The zero-order valence-electron chi connectivity index (χ0n) is 33.7. The molecule has 3 aromatic heterocycles. The summed E-state index contributed by atoms with van der Waals surface area (Å²) in [6.45, 7) is 5.11. The molecule has 3 aromatic carbocycles. The molecule has 0 aliphatic rings. The second-order valence-corrected chi connectivity index (χ2v) is 16.8. The third-order valence-electron chi connectivity index (χ3n) is 9.57. The number of rotatable bonds is 19. The van der Waals surface area contributed by atoms with Crippen LogP contribution in [-0.4, -0.2) is 78.7 Å². The summed E-state index contributed by atoms with van der Waals surface area (Å²) in [5.74, 6) is -1.98. The number of hydrogen-bond acceptors (Lipinski definition) is 12. The maximum atomic E-state index is 13.8. The summed E-state index contributed by atoms with van der Waals surface area (Å²) in [4.78, 5) is 64.1. The number of nitrogens with zero attached hydrogens (tertiary/aromatic N) is 3. The molecule has 0 saturated heterocycles. The number of imidazole rings is 1. The van der Waals surface area contributed by atoms with E-state index in [1.807, 2.05) is 6.92 Å².